The van der Waals surface area contributed by atoms with Gasteiger partial charge in [0, 0.05) is 24.8 Å². The molecule has 0 bridgehead atoms. The van der Waals surface area contributed by atoms with Crippen molar-refractivity contribution < 1.29 is 0 Å². The summed E-state index contributed by atoms with van der Waals surface area (Å²) >= 11 is 11.6. The molecule has 0 spiro atoms. The van der Waals surface area contributed by atoms with Gasteiger partial charge in [-0.1, -0.05) is 47.5 Å². The van der Waals surface area contributed by atoms with Crippen molar-refractivity contribution in [1.29, 1.82) is 0 Å². The van der Waals surface area contributed by atoms with E-state index in [-0.39, 0.29) is 0 Å². The van der Waals surface area contributed by atoms with Crippen LogP contribution < -0.4 is 0 Å². The minimum Gasteiger partial charge on any atom is -0.237 e. The summed E-state index contributed by atoms with van der Waals surface area (Å²) in [7, 11) is 0. The van der Waals surface area contributed by atoms with E-state index in [4.69, 9.17) is 23.2 Å². The minimum atomic E-state index is 0.591. The Labute approximate surface area is 149 Å². The summed E-state index contributed by atoms with van der Waals surface area (Å²) in [5, 5.41) is 1.18. The van der Waals surface area contributed by atoms with Crippen LogP contribution in [0, 0.1) is 0 Å². The topological polar surface area (TPSA) is 50.5 Å². The number of hydrogen-bond donors (Lipinski definition) is 0. The van der Waals surface area contributed by atoms with E-state index in [1.54, 1.807) is 49.1 Å². The lowest BCUT2D eigenvalue weighted by atomic mass is 10.1. The number of halogens is 2. The van der Waals surface area contributed by atoms with Crippen LogP contribution in [0.15, 0.2) is 70.9 Å². The van der Waals surface area contributed by atoms with E-state index in [9.17, 15) is 0 Å². The molecule has 0 amide bonds. The first-order valence-corrected chi connectivity index (χ1v) is 7.86. The molecule has 3 rings (SSSR count). The third-order valence-electron chi connectivity index (χ3n) is 3.05. The molecule has 2 aromatic heterocycles. The van der Waals surface area contributed by atoms with Gasteiger partial charge in [0.2, 0.25) is 0 Å². The molecule has 6 heteroatoms. The molecular formula is C18H12Cl2N4. The quantitative estimate of drug-likeness (QED) is 0.598. The van der Waals surface area contributed by atoms with Gasteiger partial charge in [-0.15, -0.1) is 0 Å². The van der Waals surface area contributed by atoms with E-state index < -0.39 is 0 Å². The monoisotopic (exact) mass is 354 g/mol. The van der Waals surface area contributed by atoms with Crippen LogP contribution in [0.5, 0.6) is 0 Å². The molecule has 1 aromatic carbocycles. The highest BCUT2D eigenvalue weighted by atomic mass is 35.5. The number of aliphatic imine (C=N–C) groups is 2. The average Bonchev–Trinajstić information content (AvgIpc) is 2.62. The lowest BCUT2D eigenvalue weighted by molar-refractivity contribution is 1.28. The largest absolute Gasteiger partial charge is 0.237 e. The predicted molar refractivity (Wildman–Crippen MR) is 99.4 cm³/mol. The highest BCUT2D eigenvalue weighted by Gasteiger charge is 1.94. The summed E-state index contributed by atoms with van der Waals surface area (Å²) in [6.07, 6.45) is 6.63. The Morgan fingerprint density at radius 3 is 1.38 bits per heavy atom. The molecule has 0 saturated heterocycles. The second-order valence-corrected chi connectivity index (χ2v) is 5.73. The van der Waals surface area contributed by atoms with Crippen molar-refractivity contribution in [2.75, 3.05) is 0 Å². The third-order valence-corrected chi connectivity index (χ3v) is 3.50. The number of pyridine rings is 2. The van der Waals surface area contributed by atoms with Crippen molar-refractivity contribution in [3.63, 3.8) is 0 Å². The van der Waals surface area contributed by atoms with E-state index in [0.29, 0.717) is 21.7 Å². The molecule has 0 N–H and O–H groups in total. The second-order valence-electron chi connectivity index (χ2n) is 4.85. The van der Waals surface area contributed by atoms with Gasteiger partial charge in [0.1, 0.15) is 0 Å². The van der Waals surface area contributed by atoms with Gasteiger partial charge in [-0.3, -0.25) is 0 Å². The Morgan fingerprint density at radius 2 is 1.04 bits per heavy atom. The van der Waals surface area contributed by atoms with E-state index >= 15 is 0 Å². The van der Waals surface area contributed by atoms with Crippen molar-refractivity contribution in [2.24, 2.45) is 9.98 Å². The fraction of sp³-hybridized carbons (Fsp3) is 0. The van der Waals surface area contributed by atoms with E-state index in [2.05, 4.69) is 20.0 Å². The van der Waals surface area contributed by atoms with Crippen LogP contribution >= 0.6 is 23.2 Å². The first-order valence-electron chi connectivity index (χ1n) is 7.10. The zero-order chi connectivity index (χ0) is 16.8. The summed E-state index contributed by atoms with van der Waals surface area (Å²) in [6.45, 7) is 0. The molecule has 2 heterocycles. The Balaban J connectivity index is 1.66. The molecule has 0 fully saturated rings. The maximum absolute atomic E-state index is 5.79. The van der Waals surface area contributed by atoms with Crippen molar-refractivity contribution in [3.05, 3.63) is 82.1 Å². The van der Waals surface area contributed by atoms with E-state index in [1.807, 2.05) is 24.3 Å². The maximum Gasteiger partial charge on any atom is 0.151 e. The number of hydrogen-bond acceptors (Lipinski definition) is 4. The van der Waals surface area contributed by atoms with Crippen molar-refractivity contribution in [1.82, 2.24) is 9.97 Å². The SMILES string of the molecule is Clc1ccc(N=Cc2ccc(C=Nc3ccc(Cl)cn3)cc2)nc1. The Kier molecular flexibility index (Phi) is 5.31. The van der Waals surface area contributed by atoms with Gasteiger partial charge in [0.25, 0.3) is 0 Å². The van der Waals surface area contributed by atoms with Crippen molar-refractivity contribution in [3.8, 4) is 0 Å². The molecular weight excluding hydrogens is 343 g/mol. The molecule has 0 radical (unpaired) electrons. The molecule has 3 aromatic rings. The normalized spacial score (nSPS) is 11.4. The minimum absolute atomic E-state index is 0.591. The van der Waals surface area contributed by atoms with Crippen molar-refractivity contribution >= 4 is 47.3 Å². The molecule has 24 heavy (non-hydrogen) atoms. The highest BCUT2D eigenvalue weighted by Crippen LogP contribution is 2.13. The van der Waals surface area contributed by atoms with Gasteiger partial charge >= 0.3 is 0 Å². The van der Waals surface area contributed by atoms with Crippen LogP contribution in [0.25, 0.3) is 0 Å². The first kappa shape index (κ1) is 16.3. The molecule has 118 valence electrons. The fourth-order valence-electron chi connectivity index (χ4n) is 1.84. The lowest BCUT2D eigenvalue weighted by Crippen LogP contribution is -1.85. The molecule has 0 saturated carbocycles. The number of aromatic nitrogens is 2. The summed E-state index contributed by atoms with van der Waals surface area (Å²) in [5.41, 5.74) is 1.93. The molecule has 0 unspecified atom stereocenters. The summed E-state index contributed by atoms with van der Waals surface area (Å²) in [5.74, 6) is 1.22. The van der Waals surface area contributed by atoms with E-state index in [1.165, 1.54) is 0 Å². The van der Waals surface area contributed by atoms with Gasteiger partial charge in [-0.25, -0.2) is 20.0 Å². The van der Waals surface area contributed by atoms with Gasteiger partial charge in [0.05, 0.1) is 10.0 Å². The van der Waals surface area contributed by atoms with Crippen LogP contribution in [-0.4, -0.2) is 22.4 Å². The van der Waals surface area contributed by atoms with E-state index in [0.717, 1.165) is 11.1 Å². The summed E-state index contributed by atoms with van der Waals surface area (Å²) in [4.78, 5) is 16.8. The number of benzene rings is 1. The molecule has 0 aliphatic carbocycles. The van der Waals surface area contributed by atoms with Crippen LogP contribution in [-0.2, 0) is 0 Å². The maximum atomic E-state index is 5.79. The summed E-state index contributed by atoms with van der Waals surface area (Å²) < 4.78 is 0. The Morgan fingerprint density at radius 1 is 0.625 bits per heavy atom. The van der Waals surface area contributed by atoms with Gasteiger partial charge in [-0.2, -0.15) is 0 Å². The van der Waals surface area contributed by atoms with Crippen LogP contribution in [0.2, 0.25) is 10.0 Å². The Bertz CT molecular complexity index is 781. The third kappa shape index (κ3) is 4.72. The zero-order valence-electron chi connectivity index (χ0n) is 12.5. The Hall–Kier alpha value is -2.56. The van der Waals surface area contributed by atoms with Crippen LogP contribution in [0.4, 0.5) is 11.6 Å². The predicted octanol–water partition coefficient (Wildman–Crippen LogP) is 5.28. The standard InChI is InChI=1S/C18H12Cl2N4/c19-15-5-7-17(23-11-15)21-9-13-1-2-14(4-3-13)10-22-18-8-6-16(20)12-24-18/h1-12H. The zero-order valence-corrected chi connectivity index (χ0v) is 14.0. The van der Waals surface area contributed by atoms with Gasteiger partial charge in [-0.05, 0) is 35.4 Å². The van der Waals surface area contributed by atoms with Crippen LogP contribution in [0.1, 0.15) is 11.1 Å². The lowest BCUT2D eigenvalue weighted by Gasteiger charge is -1.97. The number of nitrogens with zero attached hydrogens (tertiary/aromatic N) is 4. The van der Waals surface area contributed by atoms with Gasteiger partial charge < -0.3 is 0 Å². The molecule has 4 nitrogen and oxygen atoms in total. The fourth-order valence-corrected chi connectivity index (χ4v) is 2.06. The smallest absolute Gasteiger partial charge is 0.151 e. The first-order chi connectivity index (χ1) is 11.7. The molecule has 0 atom stereocenters. The van der Waals surface area contributed by atoms with Gasteiger partial charge in [0.15, 0.2) is 11.6 Å². The number of rotatable bonds is 4. The van der Waals surface area contributed by atoms with Crippen LogP contribution in [0.3, 0.4) is 0 Å². The highest BCUT2D eigenvalue weighted by molar-refractivity contribution is 6.30. The molecule has 0 aliphatic rings. The second kappa shape index (κ2) is 7.81. The summed E-state index contributed by atoms with van der Waals surface area (Å²) in [6, 6.07) is 14.9. The van der Waals surface area contributed by atoms with Crippen molar-refractivity contribution in [2.45, 2.75) is 0 Å². The molecule has 0 aliphatic heterocycles. The average molecular weight is 355 g/mol.